The molecule has 5 rings (SSSR count). The van der Waals surface area contributed by atoms with E-state index in [0.29, 0.717) is 60.2 Å². The molecule has 1 amide bonds. The number of furan rings is 1. The van der Waals surface area contributed by atoms with Crippen molar-refractivity contribution in [3.8, 4) is 17.3 Å². The number of morpholine rings is 1. The van der Waals surface area contributed by atoms with Crippen LogP contribution >= 0.6 is 23.1 Å². The molecule has 0 N–H and O–H groups in total. The molecule has 4 aromatic rings. The van der Waals surface area contributed by atoms with Gasteiger partial charge in [0.1, 0.15) is 16.5 Å². The van der Waals surface area contributed by atoms with Gasteiger partial charge >= 0.3 is 0 Å². The summed E-state index contributed by atoms with van der Waals surface area (Å²) in [7, 11) is 0. The highest BCUT2D eigenvalue weighted by Crippen LogP contribution is 2.30. The van der Waals surface area contributed by atoms with Gasteiger partial charge in [0.05, 0.1) is 30.9 Å². The van der Waals surface area contributed by atoms with Crippen molar-refractivity contribution >= 4 is 29.0 Å². The summed E-state index contributed by atoms with van der Waals surface area (Å²) in [6, 6.07) is 9.67. The van der Waals surface area contributed by atoms with Gasteiger partial charge in [-0.05, 0) is 36.4 Å². The number of ether oxygens (including phenoxy) is 1. The number of amides is 1. The summed E-state index contributed by atoms with van der Waals surface area (Å²) >= 11 is 2.87. The third-order valence-corrected chi connectivity index (χ3v) is 6.83. The lowest BCUT2D eigenvalue weighted by atomic mass is 10.3. The van der Waals surface area contributed by atoms with Crippen LogP contribution in [0.15, 0.2) is 57.6 Å². The minimum Gasteiger partial charge on any atom is -0.461 e. The monoisotopic (exact) mass is 471 g/mol. The first-order valence-corrected chi connectivity index (χ1v) is 11.7. The lowest BCUT2D eigenvalue weighted by Gasteiger charge is -2.25. The number of hydrogen-bond acceptors (Lipinski definition) is 8. The molecule has 0 aliphatic carbocycles. The van der Waals surface area contributed by atoms with Gasteiger partial charge < -0.3 is 14.1 Å². The number of carbonyl (C=O) groups excluding carboxylic acids is 1. The molecule has 4 heterocycles. The predicted molar refractivity (Wildman–Crippen MR) is 117 cm³/mol. The Morgan fingerprint density at radius 2 is 1.97 bits per heavy atom. The van der Waals surface area contributed by atoms with Crippen LogP contribution in [-0.4, -0.2) is 56.9 Å². The number of carbonyl (C=O) groups is 1. The highest BCUT2D eigenvalue weighted by atomic mass is 32.2. The largest absolute Gasteiger partial charge is 0.461 e. The van der Waals surface area contributed by atoms with Crippen molar-refractivity contribution in [1.82, 2.24) is 24.6 Å². The van der Waals surface area contributed by atoms with E-state index in [1.165, 1.54) is 35.2 Å². The van der Waals surface area contributed by atoms with Gasteiger partial charge in [-0.1, -0.05) is 11.8 Å². The quantitative estimate of drug-likeness (QED) is 0.394. The zero-order chi connectivity index (χ0) is 21.9. The van der Waals surface area contributed by atoms with Gasteiger partial charge in [0.15, 0.2) is 10.9 Å². The van der Waals surface area contributed by atoms with E-state index in [2.05, 4.69) is 15.2 Å². The molecule has 0 spiro atoms. The highest BCUT2D eigenvalue weighted by molar-refractivity contribution is 7.98. The summed E-state index contributed by atoms with van der Waals surface area (Å²) in [4.78, 5) is 18.9. The molecule has 0 saturated carbocycles. The standard InChI is InChI=1S/C21H18FN5O3S2/c22-14-3-5-15(6-4-14)27-19(17-2-1-9-30-17)24-25-21(27)32-13-18-23-16(12-31-18)20(28)26-7-10-29-11-8-26/h1-6,9,12H,7-8,10-11,13H2. The van der Waals surface area contributed by atoms with Crippen LogP contribution in [0.3, 0.4) is 0 Å². The lowest BCUT2D eigenvalue weighted by molar-refractivity contribution is 0.0299. The first-order valence-electron chi connectivity index (χ1n) is 9.88. The second-order valence-corrected chi connectivity index (χ2v) is 8.80. The van der Waals surface area contributed by atoms with Crippen molar-refractivity contribution in [2.45, 2.75) is 10.9 Å². The molecule has 1 fully saturated rings. The second-order valence-electron chi connectivity index (χ2n) is 6.92. The predicted octanol–water partition coefficient (Wildman–Crippen LogP) is 3.89. The fourth-order valence-corrected chi connectivity index (χ4v) is 5.02. The molecule has 0 radical (unpaired) electrons. The third-order valence-electron chi connectivity index (χ3n) is 4.85. The average molecular weight is 472 g/mol. The van der Waals surface area contributed by atoms with Crippen LogP contribution in [0.1, 0.15) is 15.5 Å². The summed E-state index contributed by atoms with van der Waals surface area (Å²) in [6.07, 6.45) is 1.56. The maximum absolute atomic E-state index is 13.5. The number of nitrogens with zero attached hydrogens (tertiary/aromatic N) is 5. The number of aromatic nitrogens is 4. The summed E-state index contributed by atoms with van der Waals surface area (Å²) in [5, 5.41) is 11.8. The first kappa shape index (κ1) is 20.9. The van der Waals surface area contributed by atoms with Crippen LogP contribution in [0.25, 0.3) is 17.3 Å². The molecule has 0 atom stereocenters. The van der Waals surface area contributed by atoms with Crippen molar-refractivity contribution in [2.75, 3.05) is 26.3 Å². The van der Waals surface area contributed by atoms with Crippen molar-refractivity contribution < 1.29 is 18.3 Å². The number of thiazole rings is 1. The maximum atomic E-state index is 13.5. The van der Waals surface area contributed by atoms with Gasteiger partial charge in [-0.3, -0.25) is 9.36 Å². The summed E-state index contributed by atoms with van der Waals surface area (Å²) in [5.74, 6) is 1.19. The van der Waals surface area contributed by atoms with E-state index in [-0.39, 0.29) is 11.7 Å². The Morgan fingerprint density at radius 3 is 2.72 bits per heavy atom. The minimum atomic E-state index is -0.323. The topological polar surface area (TPSA) is 86.3 Å². The zero-order valence-electron chi connectivity index (χ0n) is 16.8. The Bertz CT molecular complexity index is 1200. The lowest BCUT2D eigenvalue weighted by Crippen LogP contribution is -2.40. The summed E-state index contributed by atoms with van der Waals surface area (Å²) in [6.45, 7) is 2.26. The SMILES string of the molecule is O=C(c1csc(CSc2nnc(-c3ccco3)n2-c2ccc(F)cc2)n1)N1CCOCC1. The van der Waals surface area contributed by atoms with Crippen molar-refractivity contribution in [3.05, 3.63) is 64.6 Å². The van der Waals surface area contributed by atoms with E-state index >= 15 is 0 Å². The van der Waals surface area contributed by atoms with Crippen LogP contribution in [0.4, 0.5) is 4.39 Å². The molecule has 164 valence electrons. The Morgan fingerprint density at radius 1 is 1.16 bits per heavy atom. The third kappa shape index (κ3) is 4.31. The average Bonchev–Trinajstić information content (AvgIpc) is 3.59. The number of benzene rings is 1. The molecule has 1 saturated heterocycles. The summed E-state index contributed by atoms with van der Waals surface area (Å²) in [5.41, 5.74) is 1.16. The first-order chi connectivity index (χ1) is 15.7. The zero-order valence-corrected chi connectivity index (χ0v) is 18.4. The molecular weight excluding hydrogens is 453 g/mol. The second kappa shape index (κ2) is 9.23. The molecule has 11 heteroatoms. The van der Waals surface area contributed by atoms with Crippen LogP contribution in [0.2, 0.25) is 0 Å². The van der Waals surface area contributed by atoms with E-state index in [1.54, 1.807) is 40.8 Å². The number of thioether (sulfide) groups is 1. The van der Waals surface area contributed by atoms with Gasteiger partial charge in [0.25, 0.3) is 5.91 Å². The van der Waals surface area contributed by atoms with E-state index in [0.717, 1.165) is 5.01 Å². The molecule has 0 bridgehead atoms. The number of halogens is 1. The molecule has 32 heavy (non-hydrogen) atoms. The fourth-order valence-electron chi connectivity index (χ4n) is 3.28. The van der Waals surface area contributed by atoms with Crippen molar-refractivity contribution in [2.24, 2.45) is 0 Å². The molecule has 1 aromatic carbocycles. The molecule has 8 nitrogen and oxygen atoms in total. The van der Waals surface area contributed by atoms with Gasteiger partial charge in [-0.15, -0.1) is 21.5 Å². The van der Waals surface area contributed by atoms with Crippen LogP contribution in [0, 0.1) is 5.82 Å². The minimum absolute atomic E-state index is 0.0737. The Kier molecular flexibility index (Phi) is 6.02. The maximum Gasteiger partial charge on any atom is 0.273 e. The Balaban J connectivity index is 1.36. The van der Waals surface area contributed by atoms with E-state index in [4.69, 9.17) is 9.15 Å². The van der Waals surface area contributed by atoms with E-state index in [1.807, 2.05) is 4.57 Å². The van der Waals surface area contributed by atoms with Crippen LogP contribution < -0.4 is 0 Å². The smallest absolute Gasteiger partial charge is 0.273 e. The van der Waals surface area contributed by atoms with Crippen molar-refractivity contribution in [1.29, 1.82) is 0 Å². The van der Waals surface area contributed by atoms with Crippen LogP contribution in [-0.2, 0) is 10.5 Å². The fraction of sp³-hybridized carbons (Fsp3) is 0.238. The van der Waals surface area contributed by atoms with Gasteiger partial charge in [0, 0.05) is 18.5 Å². The Hall–Kier alpha value is -3.02. The van der Waals surface area contributed by atoms with Gasteiger partial charge in [0.2, 0.25) is 5.82 Å². The normalized spacial score (nSPS) is 14.1. The molecule has 3 aromatic heterocycles. The summed E-state index contributed by atoms with van der Waals surface area (Å²) < 4.78 is 26.1. The highest BCUT2D eigenvalue weighted by Gasteiger charge is 2.22. The molecule has 1 aliphatic heterocycles. The van der Waals surface area contributed by atoms with E-state index in [9.17, 15) is 9.18 Å². The molecule has 1 aliphatic rings. The van der Waals surface area contributed by atoms with Crippen molar-refractivity contribution in [3.63, 3.8) is 0 Å². The molecular formula is C21H18FN5O3S2. The number of rotatable bonds is 6. The molecule has 0 unspecified atom stereocenters. The Labute approximate surface area is 191 Å². The van der Waals surface area contributed by atoms with Crippen LogP contribution in [0.5, 0.6) is 0 Å². The van der Waals surface area contributed by atoms with Gasteiger partial charge in [-0.2, -0.15) is 0 Å². The number of hydrogen-bond donors (Lipinski definition) is 0. The van der Waals surface area contributed by atoms with Gasteiger partial charge in [-0.25, -0.2) is 9.37 Å². The van der Waals surface area contributed by atoms with E-state index < -0.39 is 0 Å².